The van der Waals surface area contributed by atoms with Crippen LogP contribution in [0.3, 0.4) is 0 Å². The Morgan fingerprint density at radius 2 is 2.24 bits per heavy atom. The highest BCUT2D eigenvalue weighted by molar-refractivity contribution is 7.11. The molecule has 0 aliphatic heterocycles. The summed E-state index contributed by atoms with van der Waals surface area (Å²) in [6, 6.07) is 8.26. The second-order valence-electron chi connectivity index (χ2n) is 4.26. The lowest BCUT2D eigenvalue weighted by Crippen LogP contribution is -2.31. The molecule has 5 heteroatoms. The average molecular weight is 248 g/mol. The molecule has 17 heavy (non-hydrogen) atoms. The highest BCUT2D eigenvalue weighted by Gasteiger charge is 2.32. The summed E-state index contributed by atoms with van der Waals surface area (Å²) in [6.07, 6.45) is 2.17. The molecular weight excluding hydrogens is 236 g/mol. The van der Waals surface area contributed by atoms with E-state index in [0.29, 0.717) is 6.04 Å². The fourth-order valence-electron chi connectivity index (χ4n) is 1.98. The number of carboxylic acids is 1. The van der Waals surface area contributed by atoms with E-state index < -0.39 is 5.97 Å². The molecule has 0 bridgehead atoms. The second kappa shape index (κ2) is 4.00. The van der Waals surface area contributed by atoms with Gasteiger partial charge in [0.1, 0.15) is 11.5 Å². The van der Waals surface area contributed by atoms with Crippen molar-refractivity contribution in [1.29, 1.82) is 0 Å². The van der Waals surface area contributed by atoms with Crippen molar-refractivity contribution in [2.75, 3.05) is 11.4 Å². The van der Waals surface area contributed by atoms with Gasteiger partial charge in [-0.25, -0.2) is 0 Å². The van der Waals surface area contributed by atoms with Gasteiger partial charge in [-0.15, -0.1) is 0 Å². The molecule has 88 valence electrons. The Kier molecular flexibility index (Phi) is 2.48. The summed E-state index contributed by atoms with van der Waals surface area (Å²) in [6.45, 7) is 0.0663. The minimum atomic E-state index is -0.783. The Hall–Kier alpha value is -1.62. The minimum Gasteiger partial charge on any atom is -0.480 e. The summed E-state index contributed by atoms with van der Waals surface area (Å²) in [5, 5.41) is 11.0. The van der Waals surface area contributed by atoms with Gasteiger partial charge < -0.3 is 10.0 Å². The van der Waals surface area contributed by atoms with Gasteiger partial charge in [-0.2, -0.15) is 4.37 Å². The molecule has 0 amide bonds. The number of nitrogens with zero attached hydrogens (tertiary/aromatic N) is 2. The van der Waals surface area contributed by atoms with Gasteiger partial charge in [-0.3, -0.25) is 4.79 Å². The molecule has 1 aromatic heterocycles. The summed E-state index contributed by atoms with van der Waals surface area (Å²) in [4.78, 5) is 12.9. The van der Waals surface area contributed by atoms with Crippen LogP contribution < -0.4 is 4.90 Å². The van der Waals surface area contributed by atoms with Crippen molar-refractivity contribution in [3.63, 3.8) is 0 Å². The van der Waals surface area contributed by atoms with Crippen molar-refractivity contribution in [2.45, 2.75) is 18.9 Å². The molecule has 1 aromatic carbocycles. The smallest absolute Gasteiger partial charge is 0.323 e. The van der Waals surface area contributed by atoms with Crippen LogP contribution in [0.25, 0.3) is 10.9 Å². The number of aliphatic carboxylic acids is 1. The van der Waals surface area contributed by atoms with Crippen molar-refractivity contribution in [1.82, 2.24) is 4.37 Å². The normalized spacial score (nSPS) is 15.1. The standard InChI is InChI=1S/C12H12N2O2S/c15-11(16)7-14(8-5-6-8)12-9-3-1-2-4-10(9)13-17-12/h1-4,8H,5-7H2,(H,15,16). The van der Waals surface area contributed by atoms with Crippen molar-refractivity contribution < 1.29 is 9.90 Å². The zero-order valence-corrected chi connectivity index (χ0v) is 9.98. The number of hydrogen-bond acceptors (Lipinski definition) is 4. The van der Waals surface area contributed by atoms with Gasteiger partial charge >= 0.3 is 5.97 Å². The van der Waals surface area contributed by atoms with Gasteiger partial charge in [0, 0.05) is 11.4 Å². The molecule has 3 rings (SSSR count). The monoisotopic (exact) mass is 248 g/mol. The zero-order chi connectivity index (χ0) is 11.8. The van der Waals surface area contributed by atoms with E-state index in [0.717, 1.165) is 28.7 Å². The molecule has 2 aromatic rings. The van der Waals surface area contributed by atoms with Crippen LogP contribution in [-0.2, 0) is 4.79 Å². The highest BCUT2D eigenvalue weighted by Crippen LogP contribution is 2.38. The van der Waals surface area contributed by atoms with Crippen molar-refractivity contribution in [3.05, 3.63) is 24.3 Å². The van der Waals surface area contributed by atoms with Crippen molar-refractivity contribution in [2.24, 2.45) is 0 Å². The fourth-order valence-corrected chi connectivity index (χ4v) is 2.91. The Labute approximate surface area is 103 Å². The molecule has 0 atom stereocenters. The van der Waals surface area contributed by atoms with Crippen LogP contribution in [0.1, 0.15) is 12.8 Å². The summed E-state index contributed by atoms with van der Waals surface area (Å²) in [5.41, 5.74) is 0.948. The molecule has 1 saturated carbocycles. The molecule has 1 aliphatic rings. The molecule has 1 aliphatic carbocycles. The van der Waals surface area contributed by atoms with Crippen LogP contribution in [0.15, 0.2) is 24.3 Å². The SMILES string of the molecule is O=C(O)CN(c1snc2ccccc12)C1CC1. The first-order chi connectivity index (χ1) is 8.25. The lowest BCUT2D eigenvalue weighted by Gasteiger charge is -2.20. The van der Waals surface area contributed by atoms with Gasteiger partial charge in [0.2, 0.25) is 0 Å². The Balaban J connectivity index is 2.02. The zero-order valence-electron chi connectivity index (χ0n) is 9.17. The van der Waals surface area contributed by atoms with E-state index in [2.05, 4.69) is 4.37 Å². The number of anilines is 1. The van der Waals surface area contributed by atoms with Crippen molar-refractivity contribution >= 4 is 33.4 Å². The molecule has 1 N–H and O–H groups in total. The predicted octanol–water partition coefficient (Wildman–Crippen LogP) is 2.35. The lowest BCUT2D eigenvalue weighted by molar-refractivity contribution is -0.135. The van der Waals surface area contributed by atoms with E-state index in [1.54, 1.807) is 0 Å². The molecule has 0 saturated heterocycles. The van der Waals surface area contributed by atoms with Gasteiger partial charge in [-0.05, 0) is 36.5 Å². The number of benzene rings is 1. The molecule has 4 nitrogen and oxygen atoms in total. The van der Waals surface area contributed by atoms with Crippen LogP contribution in [0.2, 0.25) is 0 Å². The van der Waals surface area contributed by atoms with Gasteiger partial charge in [-0.1, -0.05) is 12.1 Å². The van der Waals surface area contributed by atoms with Crippen LogP contribution >= 0.6 is 11.5 Å². The van der Waals surface area contributed by atoms with Crippen molar-refractivity contribution in [3.8, 4) is 0 Å². The first kappa shape index (κ1) is 10.5. The van der Waals surface area contributed by atoms with E-state index in [9.17, 15) is 4.79 Å². The number of fused-ring (bicyclic) bond motifs is 1. The number of aromatic nitrogens is 1. The molecular formula is C12H12N2O2S. The quantitative estimate of drug-likeness (QED) is 0.902. The molecule has 0 radical (unpaired) electrons. The van der Waals surface area contributed by atoms with Crippen LogP contribution in [0.5, 0.6) is 0 Å². The van der Waals surface area contributed by atoms with Crippen LogP contribution in [0.4, 0.5) is 5.00 Å². The van der Waals surface area contributed by atoms with Gasteiger partial charge in [0.25, 0.3) is 0 Å². The summed E-state index contributed by atoms with van der Waals surface area (Å²) >= 11 is 1.39. The predicted molar refractivity (Wildman–Crippen MR) is 67.6 cm³/mol. The maximum absolute atomic E-state index is 10.9. The van der Waals surface area contributed by atoms with Gasteiger partial charge in [0.05, 0.1) is 5.52 Å². The summed E-state index contributed by atoms with van der Waals surface area (Å²) < 4.78 is 4.36. The summed E-state index contributed by atoms with van der Waals surface area (Å²) in [5.74, 6) is -0.783. The maximum atomic E-state index is 10.9. The van der Waals surface area contributed by atoms with E-state index >= 15 is 0 Å². The highest BCUT2D eigenvalue weighted by atomic mass is 32.1. The van der Waals surface area contributed by atoms with E-state index in [1.807, 2.05) is 29.2 Å². The number of carboxylic acid groups (broad SMARTS) is 1. The van der Waals surface area contributed by atoms with E-state index in [-0.39, 0.29) is 6.54 Å². The largest absolute Gasteiger partial charge is 0.480 e. The first-order valence-electron chi connectivity index (χ1n) is 5.58. The lowest BCUT2D eigenvalue weighted by atomic mass is 10.2. The number of hydrogen-bond donors (Lipinski definition) is 1. The van der Waals surface area contributed by atoms with Crippen LogP contribution in [0, 0.1) is 0 Å². The third-order valence-electron chi connectivity index (χ3n) is 2.92. The van der Waals surface area contributed by atoms with E-state index in [1.165, 1.54) is 11.5 Å². The Morgan fingerprint density at radius 3 is 2.94 bits per heavy atom. The molecule has 1 fully saturated rings. The third-order valence-corrected chi connectivity index (χ3v) is 3.83. The average Bonchev–Trinajstić information content (AvgIpc) is 3.06. The third kappa shape index (κ3) is 1.98. The second-order valence-corrected chi connectivity index (χ2v) is 5.01. The first-order valence-corrected chi connectivity index (χ1v) is 6.36. The van der Waals surface area contributed by atoms with Crippen LogP contribution in [-0.4, -0.2) is 28.0 Å². The van der Waals surface area contributed by atoms with Gasteiger partial charge in [0.15, 0.2) is 0 Å². The Morgan fingerprint density at radius 1 is 1.47 bits per heavy atom. The van der Waals surface area contributed by atoms with E-state index in [4.69, 9.17) is 5.11 Å². The molecule has 0 unspecified atom stereocenters. The Bertz CT molecular complexity index is 562. The number of rotatable bonds is 4. The topological polar surface area (TPSA) is 53.4 Å². The summed E-state index contributed by atoms with van der Waals surface area (Å²) in [7, 11) is 0. The minimum absolute atomic E-state index is 0.0663. The number of carbonyl (C=O) groups is 1. The fraction of sp³-hybridized carbons (Fsp3) is 0.333. The molecule has 0 spiro atoms. The molecule has 1 heterocycles. The maximum Gasteiger partial charge on any atom is 0.323 e.